The Morgan fingerprint density at radius 1 is 0.885 bits per heavy atom. The first-order valence-corrected chi connectivity index (χ1v) is 9.22. The Bertz CT molecular complexity index is 830. The van der Waals surface area contributed by atoms with E-state index in [4.69, 9.17) is 9.97 Å². The number of pyridine rings is 1. The van der Waals surface area contributed by atoms with Crippen LogP contribution in [0.1, 0.15) is 31.4 Å². The number of hydrogen-bond acceptors (Lipinski definition) is 5. The third kappa shape index (κ3) is 4.17. The molecule has 4 rings (SSSR count). The van der Waals surface area contributed by atoms with Crippen LogP contribution in [0.5, 0.6) is 0 Å². The van der Waals surface area contributed by atoms with E-state index in [1.807, 2.05) is 54.6 Å². The van der Waals surface area contributed by atoms with Gasteiger partial charge >= 0.3 is 0 Å². The molecular weight excluding hydrogens is 322 g/mol. The molecular formula is C21H23N5. The molecule has 1 aliphatic carbocycles. The molecule has 26 heavy (non-hydrogen) atoms. The zero-order chi connectivity index (χ0) is 17.6. The van der Waals surface area contributed by atoms with Crippen molar-refractivity contribution in [2.24, 2.45) is 0 Å². The van der Waals surface area contributed by atoms with Gasteiger partial charge in [-0.05, 0) is 25.0 Å². The molecule has 0 radical (unpaired) electrons. The highest BCUT2D eigenvalue weighted by Gasteiger charge is 2.16. The van der Waals surface area contributed by atoms with Gasteiger partial charge in [-0.3, -0.25) is 4.98 Å². The van der Waals surface area contributed by atoms with Gasteiger partial charge in [0.2, 0.25) is 0 Å². The largest absolute Gasteiger partial charge is 0.367 e. The first kappa shape index (κ1) is 16.5. The minimum absolute atomic E-state index is 0.511. The number of nitrogens with one attached hydrogen (secondary N) is 2. The Hall–Kier alpha value is -2.95. The Balaban J connectivity index is 1.58. The number of benzene rings is 1. The van der Waals surface area contributed by atoms with Gasteiger partial charge in [0.25, 0.3) is 0 Å². The van der Waals surface area contributed by atoms with E-state index >= 15 is 0 Å². The molecule has 2 aromatic heterocycles. The monoisotopic (exact) mass is 345 g/mol. The van der Waals surface area contributed by atoms with Gasteiger partial charge in [-0.2, -0.15) is 0 Å². The summed E-state index contributed by atoms with van der Waals surface area (Å²) in [5.41, 5.74) is 2.00. The maximum atomic E-state index is 4.74. The molecule has 0 amide bonds. The Morgan fingerprint density at radius 3 is 2.42 bits per heavy atom. The molecule has 132 valence electrons. The van der Waals surface area contributed by atoms with Gasteiger partial charge in [-0.1, -0.05) is 49.2 Å². The summed E-state index contributed by atoms with van der Waals surface area (Å²) in [6.07, 6.45) is 6.81. The molecule has 0 unspecified atom stereocenters. The second kappa shape index (κ2) is 7.95. The van der Waals surface area contributed by atoms with E-state index in [1.165, 1.54) is 25.7 Å². The molecule has 0 atom stereocenters. The first-order chi connectivity index (χ1) is 12.9. The molecule has 5 heteroatoms. The summed E-state index contributed by atoms with van der Waals surface area (Å²) in [5.74, 6) is 2.43. The topological polar surface area (TPSA) is 62.7 Å². The van der Waals surface area contributed by atoms with E-state index in [9.17, 15) is 0 Å². The van der Waals surface area contributed by atoms with Crippen LogP contribution in [-0.2, 0) is 6.54 Å². The van der Waals surface area contributed by atoms with E-state index < -0.39 is 0 Å². The van der Waals surface area contributed by atoms with Crippen molar-refractivity contribution in [3.63, 3.8) is 0 Å². The Kier molecular flexibility index (Phi) is 5.05. The van der Waals surface area contributed by atoms with Crippen molar-refractivity contribution in [2.45, 2.75) is 38.3 Å². The maximum Gasteiger partial charge on any atom is 0.163 e. The zero-order valence-electron chi connectivity index (χ0n) is 14.7. The summed E-state index contributed by atoms with van der Waals surface area (Å²) >= 11 is 0. The highest BCUT2D eigenvalue weighted by Crippen LogP contribution is 2.25. The Labute approximate surface area is 153 Å². The van der Waals surface area contributed by atoms with Crippen molar-refractivity contribution in [2.75, 3.05) is 10.6 Å². The summed E-state index contributed by atoms with van der Waals surface area (Å²) < 4.78 is 0. The van der Waals surface area contributed by atoms with Crippen LogP contribution in [0.25, 0.3) is 11.4 Å². The molecule has 1 aromatic carbocycles. The maximum absolute atomic E-state index is 4.74. The minimum Gasteiger partial charge on any atom is -0.367 e. The molecule has 5 nitrogen and oxygen atoms in total. The Morgan fingerprint density at radius 2 is 1.65 bits per heavy atom. The van der Waals surface area contributed by atoms with E-state index in [0.717, 1.165) is 28.7 Å². The van der Waals surface area contributed by atoms with Gasteiger partial charge in [-0.25, -0.2) is 9.97 Å². The summed E-state index contributed by atoms with van der Waals surface area (Å²) in [6, 6.07) is 18.5. The lowest BCUT2D eigenvalue weighted by atomic mass is 10.2. The summed E-state index contributed by atoms with van der Waals surface area (Å²) in [6.45, 7) is 0.634. The van der Waals surface area contributed by atoms with Crippen LogP contribution in [0.15, 0.2) is 60.8 Å². The van der Waals surface area contributed by atoms with Crippen LogP contribution in [0.3, 0.4) is 0 Å². The van der Waals surface area contributed by atoms with Crippen LogP contribution in [0, 0.1) is 0 Å². The lowest BCUT2D eigenvalue weighted by molar-refractivity contribution is 0.750. The quantitative estimate of drug-likeness (QED) is 0.688. The predicted octanol–water partition coefficient (Wildman–Crippen LogP) is 4.51. The van der Waals surface area contributed by atoms with Gasteiger partial charge in [0.05, 0.1) is 12.2 Å². The fourth-order valence-electron chi connectivity index (χ4n) is 3.29. The number of aromatic nitrogens is 3. The average Bonchev–Trinajstić information content (AvgIpc) is 3.21. The standard InChI is InChI=1S/C21H23N5/c1-2-8-16(9-3-1)21-25-19(23-15-18-12-6-7-13-22-18)14-20(26-21)24-17-10-4-5-11-17/h1-3,6-9,12-14,17H,4-5,10-11,15H2,(H2,23,24,25,26). The molecule has 2 N–H and O–H groups in total. The van der Waals surface area contributed by atoms with Gasteiger partial charge in [0, 0.05) is 23.9 Å². The smallest absolute Gasteiger partial charge is 0.163 e. The van der Waals surface area contributed by atoms with Crippen molar-refractivity contribution in [3.8, 4) is 11.4 Å². The fourth-order valence-corrected chi connectivity index (χ4v) is 3.29. The van der Waals surface area contributed by atoms with Crippen molar-refractivity contribution >= 4 is 11.6 Å². The third-order valence-electron chi connectivity index (χ3n) is 4.64. The lowest BCUT2D eigenvalue weighted by Crippen LogP contribution is -2.16. The van der Waals surface area contributed by atoms with Crippen molar-refractivity contribution < 1.29 is 0 Å². The molecule has 0 saturated heterocycles. The van der Waals surface area contributed by atoms with Gasteiger partial charge < -0.3 is 10.6 Å². The van der Waals surface area contributed by atoms with E-state index in [-0.39, 0.29) is 0 Å². The second-order valence-corrected chi connectivity index (χ2v) is 6.63. The molecule has 2 heterocycles. The fraction of sp³-hybridized carbons (Fsp3) is 0.286. The van der Waals surface area contributed by atoms with Crippen LogP contribution in [0.2, 0.25) is 0 Å². The predicted molar refractivity (Wildman–Crippen MR) is 105 cm³/mol. The number of nitrogens with zero attached hydrogens (tertiary/aromatic N) is 3. The van der Waals surface area contributed by atoms with Crippen molar-refractivity contribution in [1.82, 2.24) is 15.0 Å². The van der Waals surface area contributed by atoms with Crippen LogP contribution in [0.4, 0.5) is 11.6 Å². The third-order valence-corrected chi connectivity index (χ3v) is 4.64. The van der Waals surface area contributed by atoms with E-state index in [2.05, 4.69) is 15.6 Å². The van der Waals surface area contributed by atoms with E-state index in [1.54, 1.807) is 6.20 Å². The average molecular weight is 345 g/mol. The molecule has 1 fully saturated rings. The molecule has 0 bridgehead atoms. The summed E-state index contributed by atoms with van der Waals surface area (Å²) in [4.78, 5) is 13.8. The van der Waals surface area contributed by atoms with Crippen molar-refractivity contribution in [1.29, 1.82) is 0 Å². The highest BCUT2D eigenvalue weighted by molar-refractivity contribution is 5.61. The van der Waals surface area contributed by atoms with Crippen LogP contribution in [-0.4, -0.2) is 21.0 Å². The van der Waals surface area contributed by atoms with Gasteiger partial charge in [-0.15, -0.1) is 0 Å². The number of rotatable bonds is 6. The SMILES string of the molecule is c1ccc(-c2nc(NCc3ccccn3)cc(NC3CCCC3)n2)cc1. The summed E-state index contributed by atoms with van der Waals surface area (Å²) in [5, 5.41) is 6.97. The highest BCUT2D eigenvalue weighted by atomic mass is 15.1. The van der Waals surface area contributed by atoms with Gasteiger partial charge in [0.15, 0.2) is 5.82 Å². The molecule has 1 saturated carbocycles. The summed E-state index contributed by atoms with van der Waals surface area (Å²) in [7, 11) is 0. The van der Waals surface area contributed by atoms with Crippen molar-refractivity contribution in [3.05, 3.63) is 66.5 Å². The second-order valence-electron chi connectivity index (χ2n) is 6.63. The van der Waals surface area contributed by atoms with E-state index in [0.29, 0.717) is 12.6 Å². The van der Waals surface area contributed by atoms with Crippen LogP contribution >= 0.6 is 0 Å². The number of anilines is 2. The first-order valence-electron chi connectivity index (χ1n) is 9.22. The van der Waals surface area contributed by atoms with Crippen LogP contribution < -0.4 is 10.6 Å². The molecule has 0 aliphatic heterocycles. The minimum atomic E-state index is 0.511. The number of hydrogen-bond donors (Lipinski definition) is 2. The molecule has 1 aliphatic rings. The molecule has 0 spiro atoms. The zero-order valence-corrected chi connectivity index (χ0v) is 14.7. The lowest BCUT2D eigenvalue weighted by Gasteiger charge is -2.15. The van der Waals surface area contributed by atoms with Gasteiger partial charge in [0.1, 0.15) is 11.6 Å². The molecule has 3 aromatic rings. The normalized spacial score (nSPS) is 14.3.